The second-order valence-electron chi connectivity index (χ2n) is 8.77. The summed E-state index contributed by atoms with van der Waals surface area (Å²) in [5, 5.41) is 7.65. The zero-order valence-electron chi connectivity index (χ0n) is 19.9. The molecule has 2 aromatic rings. The van der Waals surface area contributed by atoms with Crippen LogP contribution in [0.15, 0.2) is 48.4 Å². The zero-order valence-corrected chi connectivity index (χ0v) is 20.7. The first kappa shape index (κ1) is 25.2. The highest BCUT2D eigenvalue weighted by Gasteiger charge is 2.35. The van der Waals surface area contributed by atoms with E-state index in [2.05, 4.69) is 10.4 Å². The van der Waals surface area contributed by atoms with Gasteiger partial charge in [-0.1, -0.05) is 23.7 Å². The average Bonchev–Trinajstić information content (AvgIpc) is 3.49. The molecule has 10 nitrogen and oxygen atoms in total. The molecule has 4 rings (SSSR count). The van der Waals surface area contributed by atoms with Crippen LogP contribution in [0.25, 0.3) is 0 Å². The van der Waals surface area contributed by atoms with Gasteiger partial charge in [-0.3, -0.25) is 14.3 Å². The molecule has 1 aromatic heterocycles. The largest absolute Gasteiger partial charge is 0.458 e. The van der Waals surface area contributed by atoms with Gasteiger partial charge in [-0.25, -0.2) is 0 Å². The van der Waals surface area contributed by atoms with E-state index in [0.29, 0.717) is 48.5 Å². The maximum atomic E-state index is 13.2. The highest BCUT2D eigenvalue weighted by atomic mass is 35.5. The molecule has 1 fully saturated rings. The highest BCUT2D eigenvalue weighted by Crippen LogP contribution is 2.28. The predicted molar refractivity (Wildman–Crippen MR) is 128 cm³/mol. The summed E-state index contributed by atoms with van der Waals surface area (Å²) in [6, 6.07) is 7.91. The summed E-state index contributed by atoms with van der Waals surface area (Å²) >= 11 is 6.16. The van der Waals surface area contributed by atoms with Crippen molar-refractivity contribution in [2.24, 2.45) is 0 Å². The number of halogens is 1. The molecule has 11 heteroatoms. The van der Waals surface area contributed by atoms with E-state index in [1.165, 1.54) is 11.0 Å². The first-order valence-electron chi connectivity index (χ1n) is 11.3. The van der Waals surface area contributed by atoms with Crippen molar-refractivity contribution in [1.82, 2.24) is 14.7 Å². The second kappa shape index (κ2) is 10.8. The number of benzene rings is 1. The van der Waals surface area contributed by atoms with Crippen LogP contribution in [0.4, 0.5) is 5.82 Å². The van der Waals surface area contributed by atoms with Crippen molar-refractivity contribution in [2.45, 2.75) is 44.7 Å². The van der Waals surface area contributed by atoms with E-state index < -0.39 is 11.8 Å². The fraction of sp³-hybridized carbons (Fsp3) is 0.458. The van der Waals surface area contributed by atoms with Crippen LogP contribution < -0.4 is 10.1 Å². The summed E-state index contributed by atoms with van der Waals surface area (Å²) in [5.74, 6) is -0.0799. The van der Waals surface area contributed by atoms with Crippen molar-refractivity contribution in [3.8, 4) is 5.75 Å². The Hall–Kier alpha value is -2.92. The van der Waals surface area contributed by atoms with Gasteiger partial charge < -0.3 is 29.2 Å². The van der Waals surface area contributed by atoms with Gasteiger partial charge in [0.05, 0.1) is 24.7 Å². The Bertz CT molecular complexity index is 1100. The fourth-order valence-electron chi connectivity index (χ4n) is 3.97. The van der Waals surface area contributed by atoms with E-state index in [0.717, 1.165) is 0 Å². The lowest BCUT2D eigenvalue weighted by Crippen LogP contribution is -2.46. The minimum atomic E-state index is -0.774. The topological polar surface area (TPSA) is 104 Å². The van der Waals surface area contributed by atoms with Gasteiger partial charge >= 0.3 is 0 Å². The molecular formula is C24H29ClN4O6. The molecule has 0 saturated carbocycles. The van der Waals surface area contributed by atoms with Crippen molar-refractivity contribution in [1.29, 1.82) is 0 Å². The molecule has 188 valence electrons. The molecule has 2 unspecified atom stereocenters. The molecule has 1 aromatic carbocycles. The zero-order chi connectivity index (χ0) is 25.0. The first-order valence-corrected chi connectivity index (χ1v) is 11.7. The van der Waals surface area contributed by atoms with Gasteiger partial charge in [-0.05, 0) is 26.0 Å². The van der Waals surface area contributed by atoms with E-state index in [9.17, 15) is 9.59 Å². The van der Waals surface area contributed by atoms with E-state index in [1.54, 1.807) is 48.3 Å². The van der Waals surface area contributed by atoms with Gasteiger partial charge in [0, 0.05) is 38.5 Å². The van der Waals surface area contributed by atoms with Gasteiger partial charge in [0.1, 0.15) is 23.7 Å². The van der Waals surface area contributed by atoms with Crippen LogP contribution in [-0.4, -0.2) is 71.3 Å². The normalized spacial score (nSPS) is 20.1. The minimum absolute atomic E-state index is 0.132. The number of carbonyl (C=O) groups excluding carboxylic acids is 2. The molecular weight excluding hydrogens is 476 g/mol. The smallest absolute Gasteiger partial charge is 0.251 e. The third-order valence-electron chi connectivity index (χ3n) is 5.60. The molecule has 2 aliphatic rings. The van der Waals surface area contributed by atoms with Crippen molar-refractivity contribution in [3.63, 3.8) is 0 Å². The molecule has 2 amide bonds. The Kier molecular flexibility index (Phi) is 7.75. The molecule has 3 heterocycles. The molecule has 0 bridgehead atoms. The van der Waals surface area contributed by atoms with E-state index in [1.807, 2.05) is 13.8 Å². The predicted octanol–water partition coefficient (Wildman–Crippen LogP) is 2.84. The Balaban J connectivity index is 1.38. The lowest BCUT2D eigenvalue weighted by atomic mass is 10.1. The first-order chi connectivity index (χ1) is 16.7. The number of ether oxygens (including phenoxy) is 4. The number of nitrogens with zero attached hydrogens (tertiary/aromatic N) is 3. The summed E-state index contributed by atoms with van der Waals surface area (Å²) in [6.45, 7) is 5.11. The summed E-state index contributed by atoms with van der Waals surface area (Å²) in [5.41, 5.74) is 0. The molecule has 1 N–H and O–H groups in total. The fourth-order valence-corrected chi connectivity index (χ4v) is 4.14. The van der Waals surface area contributed by atoms with Gasteiger partial charge in [0.25, 0.3) is 5.91 Å². The molecule has 0 radical (unpaired) electrons. The van der Waals surface area contributed by atoms with Gasteiger partial charge in [-0.15, -0.1) is 0 Å². The van der Waals surface area contributed by atoms with Crippen LogP contribution in [-0.2, 0) is 30.3 Å². The van der Waals surface area contributed by atoms with Crippen LogP contribution in [0.2, 0.25) is 5.02 Å². The van der Waals surface area contributed by atoms with Crippen LogP contribution in [0, 0.1) is 0 Å². The number of aromatic nitrogens is 2. The average molecular weight is 505 g/mol. The Morgan fingerprint density at radius 1 is 1.34 bits per heavy atom. The van der Waals surface area contributed by atoms with Crippen molar-refractivity contribution in [2.75, 3.05) is 32.2 Å². The number of para-hydroxylation sites is 1. The highest BCUT2D eigenvalue weighted by molar-refractivity contribution is 6.32. The maximum Gasteiger partial charge on any atom is 0.251 e. The lowest BCUT2D eigenvalue weighted by molar-refractivity contribution is -0.139. The van der Waals surface area contributed by atoms with Gasteiger partial charge in [0.15, 0.2) is 11.6 Å². The quantitative estimate of drug-likeness (QED) is 0.530. The van der Waals surface area contributed by atoms with E-state index >= 15 is 0 Å². The third-order valence-corrected chi connectivity index (χ3v) is 5.91. The molecule has 35 heavy (non-hydrogen) atoms. The number of hydrogen-bond donors (Lipinski definition) is 1. The second-order valence-corrected chi connectivity index (χ2v) is 9.18. The van der Waals surface area contributed by atoms with Gasteiger partial charge in [-0.2, -0.15) is 5.10 Å². The number of nitrogens with one attached hydrogen (secondary N) is 1. The van der Waals surface area contributed by atoms with Crippen LogP contribution in [0.5, 0.6) is 5.75 Å². The van der Waals surface area contributed by atoms with Crippen LogP contribution in [0.1, 0.15) is 20.3 Å². The number of methoxy groups -OCH3 is 1. The summed E-state index contributed by atoms with van der Waals surface area (Å²) in [7, 11) is 1.54. The Labute approximate surface area is 208 Å². The van der Waals surface area contributed by atoms with Crippen molar-refractivity contribution >= 4 is 29.2 Å². The summed E-state index contributed by atoms with van der Waals surface area (Å²) in [4.78, 5) is 27.4. The lowest BCUT2D eigenvalue weighted by Gasteiger charge is -2.26. The number of carbonyl (C=O) groups is 2. The van der Waals surface area contributed by atoms with Crippen molar-refractivity contribution < 1.29 is 28.5 Å². The minimum Gasteiger partial charge on any atom is -0.458 e. The summed E-state index contributed by atoms with van der Waals surface area (Å²) < 4.78 is 24.1. The maximum absolute atomic E-state index is 13.2. The SMILES string of the molecule is COCCC(C(=O)Nc1ccn(CC2COC(C)(C)O2)n1)N1CC(Oc2ccccc2Cl)=CC1=O. The van der Waals surface area contributed by atoms with Gasteiger partial charge in [0.2, 0.25) is 5.91 Å². The third kappa shape index (κ3) is 6.40. The molecule has 2 aliphatic heterocycles. The number of rotatable bonds is 10. The molecule has 1 saturated heterocycles. The Morgan fingerprint density at radius 2 is 2.14 bits per heavy atom. The van der Waals surface area contributed by atoms with Crippen molar-refractivity contribution in [3.05, 3.63) is 53.4 Å². The van der Waals surface area contributed by atoms with E-state index in [4.69, 9.17) is 30.5 Å². The molecule has 2 atom stereocenters. The standard InChI is InChI=1S/C24H29ClN4O6/c1-24(2)33-15-17(35-24)13-28-10-8-21(27-28)26-23(31)19(9-11-32-3)29-14-16(12-22(29)30)34-20-7-5-4-6-18(20)25/h4-8,10,12,17,19H,9,11,13-15H2,1-3H3,(H,26,27,31). The Morgan fingerprint density at radius 3 is 2.86 bits per heavy atom. The monoisotopic (exact) mass is 504 g/mol. The van der Waals surface area contributed by atoms with Crippen LogP contribution in [0.3, 0.4) is 0 Å². The number of hydrogen-bond acceptors (Lipinski definition) is 7. The molecule has 0 aliphatic carbocycles. The van der Waals surface area contributed by atoms with E-state index in [-0.39, 0.29) is 24.5 Å². The summed E-state index contributed by atoms with van der Waals surface area (Å²) in [6.07, 6.45) is 3.31. The molecule has 0 spiro atoms. The number of amides is 2. The van der Waals surface area contributed by atoms with Crippen LogP contribution >= 0.6 is 11.6 Å². The number of anilines is 1.